The lowest BCUT2D eigenvalue weighted by molar-refractivity contribution is -0.116. The summed E-state index contributed by atoms with van der Waals surface area (Å²) in [6.07, 6.45) is 0.307. The van der Waals surface area contributed by atoms with Crippen LogP contribution in [-0.2, 0) is 11.2 Å². The Morgan fingerprint density at radius 1 is 1.50 bits per heavy atom. The number of amides is 2. The molecule has 0 radical (unpaired) electrons. The van der Waals surface area contributed by atoms with Crippen molar-refractivity contribution in [1.82, 2.24) is 0 Å². The molecule has 2 N–H and O–H groups in total. The molecule has 2 amide bonds. The van der Waals surface area contributed by atoms with Gasteiger partial charge in [-0.25, -0.2) is 3.93 Å². The van der Waals surface area contributed by atoms with E-state index in [4.69, 9.17) is 5.73 Å². The third-order valence-electron chi connectivity index (χ3n) is 2.14. The first-order valence-corrected chi connectivity index (χ1v) is 4.72. The highest BCUT2D eigenvalue weighted by Crippen LogP contribution is 2.31. The molecule has 0 fully saturated rings. The molecule has 0 saturated carbocycles. The molecule has 0 atom stereocenters. The summed E-state index contributed by atoms with van der Waals surface area (Å²) in [6, 6.07) is 4.96. The van der Waals surface area contributed by atoms with E-state index in [0.717, 1.165) is 11.3 Å². The summed E-state index contributed by atoms with van der Waals surface area (Å²) in [5.74, 6) is -0.519. The number of hydrogen-bond donors (Lipinski definition) is 1. The molecule has 4 nitrogen and oxygen atoms in total. The van der Waals surface area contributed by atoms with Crippen LogP contribution in [0.15, 0.2) is 18.2 Å². The Balaban J connectivity index is 2.49. The van der Waals surface area contributed by atoms with Crippen molar-refractivity contribution in [2.75, 3.05) is 3.93 Å². The fourth-order valence-electron chi connectivity index (χ4n) is 1.44. The average Bonchev–Trinajstić information content (AvgIpc) is 2.42. The molecule has 2 rings (SSSR count). The minimum atomic E-state index is -0.478. The first-order chi connectivity index (χ1) is 6.59. The molecule has 0 spiro atoms. The van der Waals surface area contributed by atoms with E-state index in [-0.39, 0.29) is 5.91 Å². The first kappa shape index (κ1) is 9.21. The third-order valence-corrected chi connectivity index (χ3v) is 2.91. The Labute approximate surface area is 89.0 Å². The molecule has 1 aromatic rings. The van der Waals surface area contributed by atoms with Gasteiger partial charge in [0, 0.05) is 5.56 Å². The summed E-state index contributed by atoms with van der Waals surface area (Å²) in [5.41, 5.74) is 7.16. The number of nitrogens with two attached hydrogens (primary N) is 1. The maximum absolute atomic E-state index is 11.3. The average molecular weight is 255 g/mol. The van der Waals surface area contributed by atoms with E-state index in [0.29, 0.717) is 12.0 Å². The number of hydrogen-bond acceptors (Lipinski definition) is 2. The van der Waals surface area contributed by atoms with Gasteiger partial charge in [-0.05, 0) is 23.8 Å². The second-order valence-electron chi connectivity index (χ2n) is 3.06. The molecular formula is C9H7BrN2O2. The highest BCUT2D eigenvalue weighted by molar-refractivity contribution is 9.10. The van der Waals surface area contributed by atoms with Crippen molar-refractivity contribution in [3.8, 4) is 0 Å². The van der Waals surface area contributed by atoms with Gasteiger partial charge >= 0.3 is 0 Å². The third kappa shape index (κ3) is 1.29. The van der Waals surface area contributed by atoms with Gasteiger partial charge in [-0.1, -0.05) is 0 Å². The molecule has 0 aromatic heterocycles. The number of nitrogens with zero attached hydrogens (tertiary/aromatic N) is 1. The van der Waals surface area contributed by atoms with Crippen molar-refractivity contribution in [1.29, 1.82) is 0 Å². The summed E-state index contributed by atoms with van der Waals surface area (Å²) >= 11 is 3.13. The maximum Gasteiger partial charge on any atom is 0.248 e. The zero-order valence-electron chi connectivity index (χ0n) is 7.16. The van der Waals surface area contributed by atoms with Crippen LogP contribution >= 0.6 is 16.1 Å². The number of halogens is 1. The van der Waals surface area contributed by atoms with Gasteiger partial charge in [-0.3, -0.25) is 9.59 Å². The predicted molar refractivity (Wildman–Crippen MR) is 55.1 cm³/mol. The van der Waals surface area contributed by atoms with Crippen molar-refractivity contribution in [3.05, 3.63) is 29.3 Å². The monoisotopic (exact) mass is 254 g/mol. The van der Waals surface area contributed by atoms with Gasteiger partial charge in [0.05, 0.1) is 28.3 Å². The van der Waals surface area contributed by atoms with E-state index >= 15 is 0 Å². The highest BCUT2D eigenvalue weighted by Gasteiger charge is 2.25. The topological polar surface area (TPSA) is 63.4 Å². The first-order valence-electron chi connectivity index (χ1n) is 4.01. The fraction of sp³-hybridized carbons (Fsp3) is 0.111. The smallest absolute Gasteiger partial charge is 0.248 e. The number of fused-ring (bicyclic) bond motifs is 1. The lowest BCUT2D eigenvalue weighted by Crippen LogP contribution is -2.13. The molecule has 0 unspecified atom stereocenters. The van der Waals surface area contributed by atoms with Crippen LogP contribution in [0.3, 0.4) is 0 Å². The molecular weight excluding hydrogens is 248 g/mol. The predicted octanol–water partition coefficient (Wildman–Crippen LogP) is 0.985. The van der Waals surface area contributed by atoms with Gasteiger partial charge in [0.25, 0.3) is 0 Å². The van der Waals surface area contributed by atoms with Crippen LogP contribution in [0.2, 0.25) is 0 Å². The fourth-order valence-corrected chi connectivity index (χ4v) is 1.91. The van der Waals surface area contributed by atoms with Crippen molar-refractivity contribution in [2.45, 2.75) is 6.42 Å². The molecule has 14 heavy (non-hydrogen) atoms. The largest absolute Gasteiger partial charge is 0.366 e. The zero-order chi connectivity index (χ0) is 10.3. The van der Waals surface area contributed by atoms with Crippen molar-refractivity contribution in [3.63, 3.8) is 0 Å². The quantitative estimate of drug-likeness (QED) is 0.760. The standard InChI is InChI=1S/C9H7BrN2O2/c10-12-7-2-1-5(9(11)14)3-6(7)4-8(12)13/h1-3H,4H2,(H2,11,14). The van der Waals surface area contributed by atoms with Crippen molar-refractivity contribution < 1.29 is 9.59 Å². The number of carbonyl (C=O) groups is 2. The van der Waals surface area contributed by atoms with Crippen LogP contribution in [0.1, 0.15) is 15.9 Å². The van der Waals surface area contributed by atoms with Gasteiger partial charge in [0.2, 0.25) is 11.8 Å². The van der Waals surface area contributed by atoms with E-state index in [1.165, 1.54) is 3.93 Å². The molecule has 1 aliphatic heterocycles. The molecule has 72 valence electrons. The van der Waals surface area contributed by atoms with Crippen LogP contribution in [0.4, 0.5) is 5.69 Å². The summed E-state index contributed by atoms with van der Waals surface area (Å²) in [4.78, 5) is 22.2. The van der Waals surface area contributed by atoms with Crippen LogP contribution in [0, 0.1) is 0 Å². The molecule has 0 saturated heterocycles. The summed E-state index contributed by atoms with van der Waals surface area (Å²) in [5, 5.41) is 0. The van der Waals surface area contributed by atoms with Crippen LogP contribution in [0.25, 0.3) is 0 Å². The Hall–Kier alpha value is -1.36. The Morgan fingerprint density at radius 3 is 2.86 bits per heavy atom. The van der Waals surface area contributed by atoms with E-state index in [1.807, 2.05) is 0 Å². The number of primary amides is 1. The molecule has 0 aliphatic carbocycles. The highest BCUT2D eigenvalue weighted by atomic mass is 79.9. The zero-order valence-corrected chi connectivity index (χ0v) is 8.74. The van der Waals surface area contributed by atoms with Crippen LogP contribution in [-0.4, -0.2) is 11.8 Å². The second-order valence-corrected chi connectivity index (χ2v) is 3.77. The van der Waals surface area contributed by atoms with Crippen molar-refractivity contribution in [2.24, 2.45) is 5.73 Å². The summed E-state index contributed by atoms with van der Waals surface area (Å²) < 4.78 is 1.40. The number of carbonyl (C=O) groups excluding carboxylic acids is 2. The number of benzene rings is 1. The summed E-state index contributed by atoms with van der Waals surface area (Å²) in [7, 11) is 0. The van der Waals surface area contributed by atoms with Crippen LogP contribution in [0.5, 0.6) is 0 Å². The lowest BCUT2D eigenvalue weighted by Gasteiger charge is -2.06. The summed E-state index contributed by atoms with van der Waals surface area (Å²) in [6.45, 7) is 0. The SMILES string of the molecule is NC(=O)c1ccc2c(c1)CC(=O)N2Br. The number of rotatable bonds is 1. The second kappa shape index (κ2) is 3.09. The molecule has 1 aromatic carbocycles. The lowest BCUT2D eigenvalue weighted by atomic mass is 10.1. The van der Waals surface area contributed by atoms with E-state index in [1.54, 1.807) is 18.2 Å². The van der Waals surface area contributed by atoms with E-state index in [9.17, 15) is 9.59 Å². The molecule has 5 heteroatoms. The molecule has 0 bridgehead atoms. The van der Waals surface area contributed by atoms with Gasteiger partial charge in [-0.2, -0.15) is 0 Å². The normalized spacial score (nSPS) is 14.4. The maximum atomic E-state index is 11.3. The van der Waals surface area contributed by atoms with Gasteiger partial charge < -0.3 is 5.73 Å². The van der Waals surface area contributed by atoms with Gasteiger partial charge in [-0.15, -0.1) is 0 Å². The Bertz CT molecular complexity index is 431. The van der Waals surface area contributed by atoms with Crippen LogP contribution < -0.4 is 9.66 Å². The number of anilines is 1. The van der Waals surface area contributed by atoms with Gasteiger partial charge in [0.1, 0.15) is 0 Å². The minimum Gasteiger partial charge on any atom is -0.366 e. The van der Waals surface area contributed by atoms with Crippen molar-refractivity contribution >= 4 is 33.6 Å². The molecule has 1 heterocycles. The minimum absolute atomic E-state index is 0.0402. The Morgan fingerprint density at radius 2 is 2.21 bits per heavy atom. The van der Waals surface area contributed by atoms with E-state index < -0.39 is 5.91 Å². The molecule has 1 aliphatic rings. The Kier molecular flexibility index (Phi) is 2.03. The van der Waals surface area contributed by atoms with E-state index in [2.05, 4.69) is 16.1 Å². The van der Waals surface area contributed by atoms with Gasteiger partial charge in [0.15, 0.2) is 0 Å².